The van der Waals surface area contributed by atoms with Gasteiger partial charge in [0.25, 0.3) is 0 Å². The zero-order valence-electron chi connectivity index (χ0n) is 8.65. The maximum absolute atomic E-state index is 5.95. The van der Waals surface area contributed by atoms with Crippen LogP contribution < -0.4 is 4.74 Å². The molecular formula is C11H10BrClN2O. The molecule has 5 heteroatoms. The van der Waals surface area contributed by atoms with Gasteiger partial charge in [0.1, 0.15) is 10.9 Å². The van der Waals surface area contributed by atoms with Gasteiger partial charge in [0.05, 0.1) is 6.20 Å². The van der Waals surface area contributed by atoms with Crippen LogP contribution in [0.15, 0.2) is 34.9 Å². The van der Waals surface area contributed by atoms with E-state index in [0.29, 0.717) is 11.2 Å². The van der Waals surface area contributed by atoms with Crippen LogP contribution in [-0.4, -0.2) is 9.55 Å². The molecule has 2 aromatic rings. The van der Waals surface area contributed by atoms with Crippen LogP contribution in [0, 0.1) is 0 Å². The van der Waals surface area contributed by atoms with E-state index in [0.717, 1.165) is 16.8 Å². The molecule has 0 fully saturated rings. The molecule has 0 saturated heterocycles. The number of aromatic nitrogens is 2. The minimum Gasteiger partial charge on any atom is -0.425 e. The number of imidazole rings is 1. The smallest absolute Gasteiger partial charge is 0.303 e. The van der Waals surface area contributed by atoms with E-state index in [1.807, 2.05) is 31.2 Å². The molecule has 0 radical (unpaired) electrons. The molecule has 0 aliphatic rings. The zero-order valence-corrected chi connectivity index (χ0v) is 11.0. The van der Waals surface area contributed by atoms with Gasteiger partial charge in [0.15, 0.2) is 0 Å². The standard InChI is InChI=1S/C11H10BrClN2O/c1-2-15-10(13)7-14-11(15)16-9-5-3-8(12)4-6-9/h3-7H,2H2,1H3. The number of ether oxygens (including phenoxy) is 1. The van der Waals surface area contributed by atoms with Crippen molar-refractivity contribution in [3.8, 4) is 11.8 Å². The third-order valence-electron chi connectivity index (χ3n) is 2.11. The van der Waals surface area contributed by atoms with Gasteiger partial charge in [-0.05, 0) is 31.2 Å². The van der Waals surface area contributed by atoms with Crippen molar-refractivity contribution < 1.29 is 4.74 Å². The van der Waals surface area contributed by atoms with Crippen molar-refractivity contribution in [2.45, 2.75) is 13.5 Å². The number of hydrogen-bond acceptors (Lipinski definition) is 2. The van der Waals surface area contributed by atoms with Crippen LogP contribution in [0.1, 0.15) is 6.92 Å². The van der Waals surface area contributed by atoms with Gasteiger partial charge in [-0.25, -0.2) is 4.98 Å². The van der Waals surface area contributed by atoms with Crippen LogP contribution in [0.25, 0.3) is 0 Å². The van der Waals surface area contributed by atoms with Crippen LogP contribution >= 0.6 is 27.5 Å². The fraction of sp³-hybridized carbons (Fsp3) is 0.182. The topological polar surface area (TPSA) is 27.1 Å². The molecule has 3 nitrogen and oxygen atoms in total. The number of hydrogen-bond donors (Lipinski definition) is 0. The maximum Gasteiger partial charge on any atom is 0.303 e. The predicted molar refractivity (Wildman–Crippen MR) is 67.1 cm³/mol. The van der Waals surface area contributed by atoms with E-state index in [1.165, 1.54) is 0 Å². The number of rotatable bonds is 3. The van der Waals surface area contributed by atoms with Crippen LogP contribution in [0.3, 0.4) is 0 Å². The molecule has 2 rings (SSSR count). The van der Waals surface area contributed by atoms with E-state index in [9.17, 15) is 0 Å². The van der Waals surface area contributed by atoms with Gasteiger partial charge in [0, 0.05) is 11.0 Å². The molecule has 1 aromatic carbocycles. The highest BCUT2D eigenvalue weighted by Crippen LogP contribution is 2.24. The zero-order chi connectivity index (χ0) is 11.5. The van der Waals surface area contributed by atoms with E-state index in [2.05, 4.69) is 20.9 Å². The lowest BCUT2D eigenvalue weighted by molar-refractivity contribution is 0.415. The summed E-state index contributed by atoms with van der Waals surface area (Å²) in [6.45, 7) is 2.71. The Morgan fingerprint density at radius 1 is 1.38 bits per heavy atom. The highest BCUT2D eigenvalue weighted by Gasteiger charge is 2.08. The lowest BCUT2D eigenvalue weighted by atomic mass is 10.3. The lowest BCUT2D eigenvalue weighted by Gasteiger charge is -2.07. The highest BCUT2D eigenvalue weighted by atomic mass is 79.9. The molecule has 1 heterocycles. The second-order valence-electron chi connectivity index (χ2n) is 3.16. The second kappa shape index (κ2) is 4.89. The molecule has 16 heavy (non-hydrogen) atoms. The molecule has 0 amide bonds. The van der Waals surface area contributed by atoms with Gasteiger partial charge in [-0.1, -0.05) is 27.5 Å². The monoisotopic (exact) mass is 300 g/mol. The summed E-state index contributed by atoms with van der Waals surface area (Å²) in [5, 5.41) is 0.578. The molecule has 84 valence electrons. The van der Waals surface area contributed by atoms with E-state index >= 15 is 0 Å². The highest BCUT2D eigenvalue weighted by molar-refractivity contribution is 9.10. The number of nitrogens with zero attached hydrogens (tertiary/aromatic N) is 2. The normalized spacial score (nSPS) is 10.4. The van der Waals surface area contributed by atoms with E-state index in [1.54, 1.807) is 10.8 Å². The third-order valence-corrected chi connectivity index (χ3v) is 2.94. The summed E-state index contributed by atoms with van der Waals surface area (Å²) in [6.07, 6.45) is 1.58. The quantitative estimate of drug-likeness (QED) is 0.853. The summed E-state index contributed by atoms with van der Waals surface area (Å²) < 4.78 is 8.43. The summed E-state index contributed by atoms with van der Waals surface area (Å²) >= 11 is 9.32. The Hall–Kier alpha value is -1.000. The Kier molecular flexibility index (Phi) is 3.51. The first-order valence-corrected chi connectivity index (χ1v) is 6.02. The molecule has 0 aliphatic carbocycles. The SMILES string of the molecule is CCn1c(Cl)cnc1Oc1ccc(Br)cc1. The molecular weight excluding hydrogens is 291 g/mol. The maximum atomic E-state index is 5.95. The summed E-state index contributed by atoms with van der Waals surface area (Å²) in [5.41, 5.74) is 0. The Balaban J connectivity index is 2.23. The molecule has 0 aliphatic heterocycles. The van der Waals surface area contributed by atoms with Crippen molar-refractivity contribution in [1.29, 1.82) is 0 Å². The summed E-state index contributed by atoms with van der Waals surface area (Å²) in [7, 11) is 0. The first kappa shape index (κ1) is 11.5. The van der Waals surface area contributed by atoms with Gasteiger partial charge in [-0.2, -0.15) is 0 Å². The van der Waals surface area contributed by atoms with Crippen LogP contribution in [-0.2, 0) is 6.54 Å². The average Bonchev–Trinajstić information content (AvgIpc) is 2.63. The van der Waals surface area contributed by atoms with Crippen molar-refractivity contribution >= 4 is 27.5 Å². The van der Waals surface area contributed by atoms with E-state index < -0.39 is 0 Å². The van der Waals surface area contributed by atoms with Gasteiger partial charge < -0.3 is 4.74 Å². The molecule has 0 unspecified atom stereocenters. The minimum atomic E-state index is 0.509. The van der Waals surface area contributed by atoms with Crippen LogP contribution in [0.4, 0.5) is 0 Å². The Morgan fingerprint density at radius 3 is 2.69 bits per heavy atom. The first-order valence-electron chi connectivity index (χ1n) is 4.85. The van der Waals surface area contributed by atoms with Crippen molar-refractivity contribution in [3.63, 3.8) is 0 Å². The third kappa shape index (κ3) is 2.39. The van der Waals surface area contributed by atoms with E-state index in [-0.39, 0.29) is 0 Å². The van der Waals surface area contributed by atoms with Crippen molar-refractivity contribution in [2.24, 2.45) is 0 Å². The van der Waals surface area contributed by atoms with Crippen molar-refractivity contribution in [3.05, 3.63) is 40.1 Å². The number of halogens is 2. The molecule has 0 bridgehead atoms. The largest absolute Gasteiger partial charge is 0.425 e. The van der Waals surface area contributed by atoms with Crippen molar-refractivity contribution in [1.82, 2.24) is 9.55 Å². The predicted octanol–water partition coefficient (Wildman–Crippen LogP) is 4.11. The number of benzene rings is 1. The van der Waals surface area contributed by atoms with Gasteiger partial charge in [0.2, 0.25) is 0 Å². The minimum absolute atomic E-state index is 0.509. The molecule has 1 aromatic heterocycles. The molecule has 0 N–H and O–H groups in total. The van der Waals surface area contributed by atoms with Gasteiger partial charge in [-0.15, -0.1) is 0 Å². The Bertz CT molecular complexity index is 481. The fourth-order valence-corrected chi connectivity index (χ4v) is 1.82. The summed E-state index contributed by atoms with van der Waals surface area (Å²) in [5.74, 6) is 0.736. The second-order valence-corrected chi connectivity index (χ2v) is 4.47. The van der Waals surface area contributed by atoms with Crippen LogP contribution in [0.5, 0.6) is 11.8 Å². The van der Waals surface area contributed by atoms with Gasteiger partial charge in [-0.3, -0.25) is 4.57 Å². The van der Waals surface area contributed by atoms with Gasteiger partial charge >= 0.3 is 6.01 Å². The lowest BCUT2D eigenvalue weighted by Crippen LogP contribution is -1.98. The van der Waals surface area contributed by atoms with Crippen LogP contribution in [0.2, 0.25) is 5.15 Å². The first-order chi connectivity index (χ1) is 7.70. The Morgan fingerprint density at radius 2 is 2.06 bits per heavy atom. The Labute approximate surface area is 107 Å². The fourth-order valence-electron chi connectivity index (χ4n) is 1.32. The van der Waals surface area contributed by atoms with E-state index in [4.69, 9.17) is 16.3 Å². The summed E-state index contributed by atoms with van der Waals surface area (Å²) in [4.78, 5) is 4.10. The molecule has 0 spiro atoms. The summed E-state index contributed by atoms with van der Waals surface area (Å²) in [6, 6.07) is 8.07. The van der Waals surface area contributed by atoms with Crippen molar-refractivity contribution in [2.75, 3.05) is 0 Å². The average molecular weight is 302 g/mol. The molecule has 0 saturated carbocycles. The molecule has 0 atom stereocenters.